The van der Waals surface area contributed by atoms with Crippen molar-refractivity contribution in [1.29, 1.82) is 0 Å². The van der Waals surface area contributed by atoms with Crippen molar-refractivity contribution in [3.8, 4) is 0 Å². The standard InChI is InChI=1S/C13H18O2S/c1-11(13(14)15-2)10-16-9-8-12-6-4-3-5-7-12/h3-7,11H,8-10H2,1-2H3. The lowest BCUT2D eigenvalue weighted by molar-refractivity contribution is -0.143. The van der Waals surface area contributed by atoms with Gasteiger partial charge in [-0.1, -0.05) is 37.3 Å². The number of hydrogen-bond donors (Lipinski definition) is 0. The Morgan fingerprint density at radius 3 is 2.69 bits per heavy atom. The minimum absolute atomic E-state index is 0.00854. The summed E-state index contributed by atoms with van der Waals surface area (Å²) in [5.74, 6) is 1.75. The fraction of sp³-hybridized carbons (Fsp3) is 0.462. The maximum absolute atomic E-state index is 11.1. The molecule has 0 amide bonds. The van der Waals surface area contributed by atoms with Gasteiger partial charge < -0.3 is 4.74 Å². The van der Waals surface area contributed by atoms with E-state index in [1.807, 2.05) is 13.0 Å². The van der Waals surface area contributed by atoms with Gasteiger partial charge in [-0.15, -0.1) is 0 Å². The number of esters is 1. The summed E-state index contributed by atoms with van der Waals surface area (Å²) in [6, 6.07) is 10.4. The third-order valence-corrected chi connectivity index (χ3v) is 3.58. The molecule has 1 aromatic rings. The first-order valence-electron chi connectivity index (χ1n) is 5.43. The van der Waals surface area contributed by atoms with Crippen LogP contribution in [0.5, 0.6) is 0 Å². The van der Waals surface area contributed by atoms with E-state index in [0.717, 1.165) is 17.9 Å². The highest BCUT2D eigenvalue weighted by molar-refractivity contribution is 7.99. The Balaban J connectivity index is 2.15. The van der Waals surface area contributed by atoms with Crippen molar-refractivity contribution in [2.45, 2.75) is 13.3 Å². The SMILES string of the molecule is COC(=O)C(C)CSCCc1ccccc1. The second kappa shape index (κ2) is 7.34. The summed E-state index contributed by atoms with van der Waals surface area (Å²) in [5.41, 5.74) is 1.35. The van der Waals surface area contributed by atoms with Crippen molar-refractivity contribution in [3.63, 3.8) is 0 Å². The van der Waals surface area contributed by atoms with E-state index in [-0.39, 0.29) is 11.9 Å². The molecule has 0 aliphatic heterocycles. The molecule has 2 nitrogen and oxygen atoms in total. The predicted octanol–water partition coefficient (Wildman–Crippen LogP) is 2.77. The summed E-state index contributed by atoms with van der Waals surface area (Å²) in [4.78, 5) is 11.1. The van der Waals surface area contributed by atoms with Crippen LogP contribution in [-0.4, -0.2) is 24.6 Å². The van der Waals surface area contributed by atoms with Gasteiger partial charge in [0, 0.05) is 5.75 Å². The quantitative estimate of drug-likeness (QED) is 0.563. The summed E-state index contributed by atoms with van der Waals surface area (Å²) < 4.78 is 4.68. The van der Waals surface area contributed by atoms with E-state index < -0.39 is 0 Å². The molecule has 1 aromatic carbocycles. The number of aryl methyl sites for hydroxylation is 1. The molecule has 0 aliphatic carbocycles. The minimum Gasteiger partial charge on any atom is -0.469 e. The Labute approximate surface area is 101 Å². The van der Waals surface area contributed by atoms with E-state index in [1.165, 1.54) is 12.7 Å². The lowest BCUT2D eigenvalue weighted by Gasteiger charge is -2.08. The highest BCUT2D eigenvalue weighted by Gasteiger charge is 2.12. The van der Waals surface area contributed by atoms with Gasteiger partial charge in [0.25, 0.3) is 0 Å². The fourth-order valence-electron chi connectivity index (χ4n) is 1.36. The third kappa shape index (κ3) is 4.71. The Morgan fingerprint density at radius 2 is 2.06 bits per heavy atom. The Morgan fingerprint density at radius 1 is 1.38 bits per heavy atom. The van der Waals surface area contributed by atoms with Gasteiger partial charge in [-0.25, -0.2) is 0 Å². The predicted molar refractivity (Wildman–Crippen MR) is 68.7 cm³/mol. The van der Waals surface area contributed by atoms with Crippen LogP contribution in [-0.2, 0) is 16.0 Å². The molecule has 0 saturated carbocycles. The maximum atomic E-state index is 11.1. The number of carbonyl (C=O) groups is 1. The van der Waals surface area contributed by atoms with E-state index >= 15 is 0 Å². The largest absolute Gasteiger partial charge is 0.469 e. The van der Waals surface area contributed by atoms with E-state index in [2.05, 4.69) is 29.0 Å². The molecule has 0 radical (unpaired) electrons. The van der Waals surface area contributed by atoms with Gasteiger partial charge >= 0.3 is 5.97 Å². The molecule has 0 spiro atoms. The van der Waals surface area contributed by atoms with Crippen LogP contribution in [0.1, 0.15) is 12.5 Å². The molecule has 0 aliphatic rings. The molecule has 0 fully saturated rings. The normalized spacial score (nSPS) is 12.1. The molecular formula is C13H18O2S. The van der Waals surface area contributed by atoms with Crippen LogP contribution in [0.25, 0.3) is 0 Å². The topological polar surface area (TPSA) is 26.3 Å². The van der Waals surface area contributed by atoms with Crippen molar-refractivity contribution >= 4 is 17.7 Å². The van der Waals surface area contributed by atoms with Crippen LogP contribution in [0, 0.1) is 5.92 Å². The van der Waals surface area contributed by atoms with E-state index in [1.54, 1.807) is 11.8 Å². The van der Waals surface area contributed by atoms with Gasteiger partial charge in [0.05, 0.1) is 13.0 Å². The first-order valence-corrected chi connectivity index (χ1v) is 6.59. The van der Waals surface area contributed by atoms with Gasteiger partial charge in [-0.3, -0.25) is 4.79 Å². The molecule has 0 aromatic heterocycles. The van der Waals surface area contributed by atoms with Gasteiger partial charge in [0.1, 0.15) is 0 Å². The van der Waals surface area contributed by atoms with Crippen LogP contribution in [0.3, 0.4) is 0 Å². The molecule has 88 valence electrons. The highest BCUT2D eigenvalue weighted by Crippen LogP contribution is 2.12. The zero-order valence-corrected chi connectivity index (χ0v) is 10.6. The molecule has 0 heterocycles. The fourth-order valence-corrected chi connectivity index (χ4v) is 2.40. The molecule has 16 heavy (non-hydrogen) atoms. The van der Waals surface area contributed by atoms with Crippen LogP contribution >= 0.6 is 11.8 Å². The van der Waals surface area contributed by atoms with Crippen LogP contribution in [0.15, 0.2) is 30.3 Å². The van der Waals surface area contributed by atoms with Crippen LogP contribution in [0.4, 0.5) is 0 Å². The number of rotatable bonds is 6. The monoisotopic (exact) mass is 238 g/mol. The van der Waals surface area contributed by atoms with E-state index in [4.69, 9.17) is 0 Å². The Hall–Kier alpha value is -0.960. The first kappa shape index (κ1) is 13.1. The second-order valence-corrected chi connectivity index (χ2v) is 4.88. The van der Waals surface area contributed by atoms with E-state index in [9.17, 15) is 4.79 Å². The lowest BCUT2D eigenvalue weighted by atomic mass is 10.2. The number of benzene rings is 1. The summed E-state index contributed by atoms with van der Waals surface area (Å²) in [6.07, 6.45) is 1.05. The average molecular weight is 238 g/mol. The van der Waals surface area contributed by atoms with Crippen LogP contribution < -0.4 is 0 Å². The zero-order valence-electron chi connectivity index (χ0n) is 9.81. The number of thioether (sulfide) groups is 1. The van der Waals surface area contributed by atoms with Crippen molar-refractivity contribution in [2.24, 2.45) is 5.92 Å². The number of ether oxygens (including phenoxy) is 1. The summed E-state index contributed by atoms with van der Waals surface area (Å²) in [5, 5.41) is 0. The first-order chi connectivity index (χ1) is 7.74. The number of hydrogen-bond acceptors (Lipinski definition) is 3. The van der Waals surface area contributed by atoms with Crippen molar-refractivity contribution < 1.29 is 9.53 Å². The van der Waals surface area contributed by atoms with Gasteiger partial charge in [0.15, 0.2) is 0 Å². The molecule has 1 unspecified atom stereocenters. The zero-order chi connectivity index (χ0) is 11.8. The van der Waals surface area contributed by atoms with Gasteiger partial charge in [0.2, 0.25) is 0 Å². The summed E-state index contributed by atoms with van der Waals surface area (Å²) >= 11 is 1.80. The van der Waals surface area contributed by atoms with Crippen molar-refractivity contribution in [1.82, 2.24) is 0 Å². The van der Waals surface area contributed by atoms with Crippen molar-refractivity contribution in [2.75, 3.05) is 18.6 Å². The molecule has 0 saturated heterocycles. The van der Waals surface area contributed by atoms with Crippen molar-refractivity contribution in [3.05, 3.63) is 35.9 Å². The molecule has 1 rings (SSSR count). The maximum Gasteiger partial charge on any atom is 0.309 e. The summed E-state index contributed by atoms with van der Waals surface area (Å²) in [6.45, 7) is 1.90. The van der Waals surface area contributed by atoms with Gasteiger partial charge in [-0.05, 0) is 17.7 Å². The molecule has 1 atom stereocenters. The Kier molecular flexibility index (Phi) is 6.01. The average Bonchev–Trinajstić information content (AvgIpc) is 2.34. The highest BCUT2D eigenvalue weighted by atomic mass is 32.2. The molecule has 0 bridgehead atoms. The number of carbonyl (C=O) groups excluding carboxylic acids is 1. The number of methoxy groups -OCH3 is 1. The smallest absolute Gasteiger partial charge is 0.309 e. The second-order valence-electron chi connectivity index (χ2n) is 3.73. The molecule has 0 N–H and O–H groups in total. The lowest BCUT2D eigenvalue weighted by Crippen LogP contribution is -2.15. The Bertz CT molecular complexity index is 311. The minimum atomic E-state index is -0.118. The third-order valence-electron chi connectivity index (χ3n) is 2.35. The van der Waals surface area contributed by atoms with Gasteiger partial charge in [-0.2, -0.15) is 11.8 Å². The van der Waals surface area contributed by atoms with Crippen LogP contribution in [0.2, 0.25) is 0 Å². The molecular weight excluding hydrogens is 220 g/mol. The van der Waals surface area contributed by atoms with E-state index in [0.29, 0.717) is 0 Å². The molecule has 3 heteroatoms. The summed E-state index contributed by atoms with van der Waals surface area (Å²) in [7, 11) is 1.44.